The van der Waals surface area contributed by atoms with E-state index in [0.717, 1.165) is 17.9 Å². The Bertz CT molecular complexity index is 341. The summed E-state index contributed by atoms with van der Waals surface area (Å²) in [5.41, 5.74) is 8.31. The van der Waals surface area contributed by atoms with Crippen LogP contribution in [-0.4, -0.2) is 16.1 Å². The Balaban J connectivity index is 2.67. The van der Waals surface area contributed by atoms with Crippen LogP contribution in [0.2, 0.25) is 0 Å². The fourth-order valence-electron chi connectivity index (χ4n) is 1.21. The lowest BCUT2D eigenvalue weighted by atomic mass is 10.2. The monoisotopic (exact) mass is 240 g/mol. The van der Waals surface area contributed by atoms with Crippen LogP contribution in [0.4, 0.5) is 5.69 Å². The fraction of sp³-hybridized carbons (Fsp3) is 0.400. The first-order chi connectivity index (χ1) is 7.67. The molecule has 1 aromatic rings. The smallest absolute Gasteiger partial charge is 0.247 e. The summed E-state index contributed by atoms with van der Waals surface area (Å²) in [7, 11) is 0. The lowest BCUT2D eigenvalue weighted by molar-refractivity contribution is -0.120. The quantitative estimate of drug-likeness (QED) is 0.308. The predicted octanol–water partition coefficient (Wildman–Crippen LogP) is 0.914. The Morgan fingerprint density at radius 3 is 2.88 bits per heavy atom. The highest BCUT2D eigenvalue weighted by Crippen LogP contribution is 2.24. The number of pyridine rings is 1. The topological polar surface area (TPSA) is 94.0 Å². The van der Waals surface area contributed by atoms with Gasteiger partial charge in [-0.25, -0.2) is 10.8 Å². The molecule has 0 radical (unpaired) electrons. The molecule has 16 heavy (non-hydrogen) atoms. The minimum atomic E-state index is -0.203. The van der Waals surface area contributed by atoms with Crippen molar-refractivity contribution >= 4 is 23.4 Å². The summed E-state index contributed by atoms with van der Waals surface area (Å²) in [5.74, 6) is 4.95. The zero-order valence-corrected chi connectivity index (χ0v) is 9.96. The maximum Gasteiger partial charge on any atom is 0.247 e. The summed E-state index contributed by atoms with van der Waals surface area (Å²) >= 11 is 1.40. The van der Waals surface area contributed by atoms with E-state index in [1.807, 2.05) is 6.92 Å². The van der Waals surface area contributed by atoms with Crippen LogP contribution >= 0.6 is 11.8 Å². The third-order valence-corrected chi connectivity index (χ3v) is 3.23. The largest absolute Gasteiger partial charge is 0.397 e. The van der Waals surface area contributed by atoms with Crippen LogP contribution in [0.1, 0.15) is 19.8 Å². The van der Waals surface area contributed by atoms with E-state index in [1.165, 1.54) is 11.8 Å². The highest BCUT2D eigenvalue weighted by Gasteiger charge is 2.18. The van der Waals surface area contributed by atoms with Crippen molar-refractivity contribution in [2.75, 3.05) is 5.73 Å². The number of nitrogen functional groups attached to an aromatic ring is 1. The molecule has 5 nitrogen and oxygen atoms in total. The van der Waals surface area contributed by atoms with Crippen molar-refractivity contribution in [1.82, 2.24) is 10.4 Å². The number of carbonyl (C=O) groups excluding carboxylic acids is 1. The normalized spacial score (nSPS) is 12.1. The fourth-order valence-corrected chi connectivity index (χ4v) is 2.29. The number of carbonyl (C=O) groups is 1. The van der Waals surface area contributed by atoms with Crippen LogP contribution in [0.5, 0.6) is 0 Å². The molecule has 88 valence electrons. The summed E-state index contributed by atoms with van der Waals surface area (Å²) in [6.07, 6.45) is 3.26. The minimum Gasteiger partial charge on any atom is -0.397 e. The highest BCUT2D eigenvalue weighted by atomic mass is 32.2. The Hall–Kier alpha value is -1.27. The van der Waals surface area contributed by atoms with E-state index in [2.05, 4.69) is 10.4 Å². The molecule has 0 fully saturated rings. The number of amides is 1. The predicted molar refractivity (Wildman–Crippen MR) is 65.5 cm³/mol. The molecule has 1 heterocycles. The van der Waals surface area contributed by atoms with E-state index in [0.29, 0.717) is 5.69 Å². The first-order valence-corrected chi connectivity index (χ1v) is 5.94. The van der Waals surface area contributed by atoms with Crippen LogP contribution in [0, 0.1) is 0 Å². The lowest BCUT2D eigenvalue weighted by Crippen LogP contribution is -2.37. The molecule has 1 unspecified atom stereocenters. The number of nitrogens with one attached hydrogen (secondary N) is 1. The van der Waals surface area contributed by atoms with Gasteiger partial charge in [0.2, 0.25) is 5.91 Å². The van der Waals surface area contributed by atoms with E-state index in [-0.39, 0.29) is 11.2 Å². The van der Waals surface area contributed by atoms with E-state index in [4.69, 9.17) is 11.6 Å². The first kappa shape index (κ1) is 12.8. The maximum absolute atomic E-state index is 11.5. The summed E-state index contributed by atoms with van der Waals surface area (Å²) in [4.78, 5) is 15.6. The summed E-state index contributed by atoms with van der Waals surface area (Å²) < 4.78 is 0. The van der Waals surface area contributed by atoms with Crippen LogP contribution in [0.3, 0.4) is 0 Å². The molecule has 0 aromatic carbocycles. The molecule has 0 aliphatic carbocycles. The van der Waals surface area contributed by atoms with Crippen molar-refractivity contribution in [3.05, 3.63) is 18.3 Å². The number of nitrogens with zero attached hydrogens (tertiary/aromatic N) is 1. The second-order valence-electron chi connectivity index (χ2n) is 3.33. The van der Waals surface area contributed by atoms with Crippen molar-refractivity contribution in [1.29, 1.82) is 0 Å². The number of thioether (sulfide) groups is 1. The number of hydrogen-bond acceptors (Lipinski definition) is 5. The Morgan fingerprint density at radius 2 is 2.38 bits per heavy atom. The average molecular weight is 240 g/mol. The molecule has 1 aromatic heterocycles. The number of aromatic nitrogens is 1. The summed E-state index contributed by atoms with van der Waals surface area (Å²) in [6, 6.07) is 3.56. The standard InChI is InChI=1S/C10H16N4OS/c1-2-3-8(10(15)14-12)16-9-5-4-7(11)6-13-9/h4-6,8H,2-3,11-12H2,1H3,(H,14,15). The molecule has 1 rings (SSSR count). The number of anilines is 1. The van der Waals surface area contributed by atoms with E-state index >= 15 is 0 Å². The maximum atomic E-state index is 11.5. The summed E-state index contributed by atoms with van der Waals surface area (Å²) in [5, 5.41) is 0.572. The van der Waals surface area contributed by atoms with Crippen molar-refractivity contribution in [3.8, 4) is 0 Å². The first-order valence-electron chi connectivity index (χ1n) is 5.06. The molecule has 6 heteroatoms. The second kappa shape index (κ2) is 6.34. The molecule has 1 atom stereocenters. The van der Waals surface area contributed by atoms with E-state index in [1.54, 1.807) is 18.3 Å². The molecular weight excluding hydrogens is 224 g/mol. The number of nitrogens with two attached hydrogens (primary N) is 2. The SMILES string of the molecule is CCCC(Sc1ccc(N)cn1)C(=O)NN. The van der Waals surface area contributed by atoms with E-state index in [9.17, 15) is 4.79 Å². The lowest BCUT2D eigenvalue weighted by Gasteiger charge is -2.13. The van der Waals surface area contributed by atoms with Gasteiger partial charge in [0, 0.05) is 0 Å². The van der Waals surface area contributed by atoms with Gasteiger partial charge in [-0.3, -0.25) is 10.2 Å². The summed E-state index contributed by atoms with van der Waals surface area (Å²) in [6.45, 7) is 2.02. The van der Waals surface area contributed by atoms with Crippen molar-refractivity contribution in [2.45, 2.75) is 30.0 Å². The van der Waals surface area contributed by atoms with Gasteiger partial charge in [-0.1, -0.05) is 25.1 Å². The molecular formula is C10H16N4OS. The third kappa shape index (κ3) is 3.71. The number of hydrogen-bond donors (Lipinski definition) is 3. The third-order valence-electron chi connectivity index (χ3n) is 2.01. The van der Waals surface area contributed by atoms with E-state index < -0.39 is 0 Å². The minimum absolute atomic E-state index is 0.175. The molecule has 1 amide bonds. The van der Waals surface area contributed by atoms with Crippen LogP contribution in [0.15, 0.2) is 23.4 Å². The van der Waals surface area contributed by atoms with Gasteiger partial charge in [0.25, 0.3) is 0 Å². The van der Waals surface area contributed by atoms with Crippen LogP contribution in [0.25, 0.3) is 0 Å². The number of rotatable bonds is 5. The highest BCUT2D eigenvalue weighted by molar-refractivity contribution is 8.00. The van der Waals surface area contributed by atoms with Gasteiger partial charge in [0.1, 0.15) is 0 Å². The van der Waals surface area contributed by atoms with Gasteiger partial charge in [-0.2, -0.15) is 0 Å². The van der Waals surface area contributed by atoms with Crippen molar-refractivity contribution in [2.24, 2.45) is 5.84 Å². The van der Waals surface area contributed by atoms with Crippen LogP contribution in [-0.2, 0) is 4.79 Å². The number of hydrazine groups is 1. The van der Waals surface area contributed by atoms with Gasteiger partial charge in [0.15, 0.2) is 0 Å². The molecule has 0 saturated heterocycles. The van der Waals surface area contributed by atoms with Gasteiger partial charge in [-0.05, 0) is 18.6 Å². The molecule has 0 spiro atoms. The molecule has 0 aliphatic heterocycles. The average Bonchev–Trinajstić information content (AvgIpc) is 2.30. The van der Waals surface area contributed by atoms with Crippen molar-refractivity contribution < 1.29 is 4.79 Å². The molecule has 0 saturated carbocycles. The van der Waals surface area contributed by atoms with Gasteiger partial charge < -0.3 is 5.73 Å². The van der Waals surface area contributed by atoms with Gasteiger partial charge >= 0.3 is 0 Å². The van der Waals surface area contributed by atoms with Crippen molar-refractivity contribution in [3.63, 3.8) is 0 Å². The molecule has 0 bridgehead atoms. The zero-order valence-electron chi connectivity index (χ0n) is 9.14. The second-order valence-corrected chi connectivity index (χ2v) is 4.56. The molecule has 5 N–H and O–H groups in total. The Kier molecular flexibility index (Phi) is 5.07. The molecule has 0 aliphatic rings. The van der Waals surface area contributed by atoms with Gasteiger partial charge in [0.05, 0.1) is 22.2 Å². The Morgan fingerprint density at radius 1 is 1.62 bits per heavy atom. The van der Waals surface area contributed by atoms with Gasteiger partial charge in [-0.15, -0.1) is 0 Å². The van der Waals surface area contributed by atoms with Crippen LogP contribution < -0.4 is 17.0 Å². The zero-order chi connectivity index (χ0) is 12.0. The Labute approximate surface area is 99.0 Å².